The molecule has 0 radical (unpaired) electrons. The zero-order valence-electron chi connectivity index (χ0n) is 13.9. The van der Waals surface area contributed by atoms with Gasteiger partial charge in [-0.05, 0) is 44.1 Å². The number of rotatable bonds is 6. The van der Waals surface area contributed by atoms with Crippen LogP contribution in [0.15, 0.2) is 30.5 Å². The fourth-order valence-corrected chi connectivity index (χ4v) is 2.86. The van der Waals surface area contributed by atoms with Crippen LogP contribution in [0.2, 0.25) is 0 Å². The Labute approximate surface area is 144 Å². The maximum Gasteiger partial charge on any atom is 0.416 e. The molecule has 8 heteroatoms. The maximum atomic E-state index is 12.7. The average molecular weight is 354 g/mol. The third-order valence-corrected chi connectivity index (χ3v) is 4.23. The Morgan fingerprint density at radius 2 is 1.88 bits per heavy atom. The molecular formula is C17H21F3N4O. The number of hydrogen-bond donors (Lipinski definition) is 0. The Balaban J connectivity index is 1.50. The fourth-order valence-electron chi connectivity index (χ4n) is 2.86. The average Bonchev–Trinajstić information content (AvgIpc) is 3.07. The minimum atomic E-state index is -4.38. The van der Waals surface area contributed by atoms with Crippen LogP contribution in [0.4, 0.5) is 13.2 Å². The highest BCUT2D eigenvalue weighted by atomic mass is 19.4. The highest BCUT2D eigenvalue weighted by molar-refractivity contribution is 5.30. The largest absolute Gasteiger partial charge is 0.487 e. The smallest absolute Gasteiger partial charge is 0.416 e. The van der Waals surface area contributed by atoms with Crippen LogP contribution in [0, 0.1) is 0 Å². The summed E-state index contributed by atoms with van der Waals surface area (Å²) in [7, 11) is 0. The lowest BCUT2D eigenvalue weighted by Gasteiger charge is -2.25. The Bertz CT molecular complexity index is 681. The van der Waals surface area contributed by atoms with Gasteiger partial charge in [0.25, 0.3) is 0 Å². The van der Waals surface area contributed by atoms with Gasteiger partial charge in [0.2, 0.25) is 0 Å². The van der Waals surface area contributed by atoms with Gasteiger partial charge in [-0.2, -0.15) is 13.2 Å². The normalized spacial score (nSPS) is 16.1. The topological polar surface area (TPSA) is 43.2 Å². The Morgan fingerprint density at radius 1 is 1.08 bits per heavy atom. The Morgan fingerprint density at radius 3 is 2.64 bits per heavy atom. The van der Waals surface area contributed by atoms with Crippen molar-refractivity contribution in [3.8, 4) is 5.75 Å². The quantitative estimate of drug-likeness (QED) is 0.798. The molecule has 0 unspecified atom stereocenters. The first-order valence-electron chi connectivity index (χ1n) is 8.42. The third kappa shape index (κ3) is 5.19. The van der Waals surface area contributed by atoms with Crippen LogP contribution >= 0.6 is 0 Å². The molecule has 1 aromatic carbocycles. The van der Waals surface area contributed by atoms with Crippen LogP contribution < -0.4 is 4.74 Å². The number of aromatic nitrogens is 3. The van der Waals surface area contributed by atoms with Crippen molar-refractivity contribution in [2.45, 2.75) is 38.6 Å². The van der Waals surface area contributed by atoms with Crippen molar-refractivity contribution in [1.82, 2.24) is 19.9 Å². The number of nitrogens with zero attached hydrogens (tertiary/aromatic N) is 4. The number of likely N-dealkylation sites (tertiary alicyclic amines) is 1. The summed E-state index contributed by atoms with van der Waals surface area (Å²) in [6, 6.07) is 4.83. The predicted molar refractivity (Wildman–Crippen MR) is 86.1 cm³/mol. The van der Waals surface area contributed by atoms with Gasteiger partial charge in [0.1, 0.15) is 18.1 Å². The molecule has 0 amide bonds. The lowest BCUT2D eigenvalue weighted by molar-refractivity contribution is -0.137. The second-order valence-corrected chi connectivity index (χ2v) is 6.19. The predicted octanol–water partition coefficient (Wildman–Crippen LogP) is 3.36. The first-order chi connectivity index (χ1) is 12.0. The molecule has 3 rings (SSSR count). The number of hydrogen-bond acceptors (Lipinski definition) is 4. The van der Waals surface area contributed by atoms with Crippen molar-refractivity contribution in [1.29, 1.82) is 0 Å². The number of ether oxygens (including phenoxy) is 1. The lowest BCUT2D eigenvalue weighted by atomic mass is 10.1. The summed E-state index contributed by atoms with van der Waals surface area (Å²) in [6.45, 7) is 4.01. The van der Waals surface area contributed by atoms with Gasteiger partial charge in [-0.15, -0.1) is 5.10 Å². The summed E-state index contributed by atoms with van der Waals surface area (Å²) in [5.41, 5.74) is -0.133. The SMILES string of the molecule is FC(F)(F)c1cccc(OCc2cn(CCN3CCCCC3)nn2)c1. The van der Waals surface area contributed by atoms with Crippen LogP contribution in [-0.4, -0.2) is 39.5 Å². The summed E-state index contributed by atoms with van der Waals surface area (Å²) in [5, 5.41) is 8.06. The van der Waals surface area contributed by atoms with Crippen LogP contribution in [0.3, 0.4) is 0 Å². The fraction of sp³-hybridized carbons (Fsp3) is 0.529. The molecule has 5 nitrogen and oxygen atoms in total. The van der Waals surface area contributed by atoms with Crippen molar-refractivity contribution >= 4 is 0 Å². The molecule has 1 saturated heterocycles. The van der Waals surface area contributed by atoms with E-state index < -0.39 is 11.7 Å². The van der Waals surface area contributed by atoms with E-state index in [9.17, 15) is 13.2 Å². The summed E-state index contributed by atoms with van der Waals surface area (Å²) in [4.78, 5) is 2.41. The van der Waals surface area contributed by atoms with E-state index in [4.69, 9.17) is 4.74 Å². The van der Waals surface area contributed by atoms with Crippen molar-refractivity contribution in [3.05, 3.63) is 41.7 Å². The van der Waals surface area contributed by atoms with Gasteiger partial charge in [0.15, 0.2) is 0 Å². The highest BCUT2D eigenvalue weighted by Gasteiger charge is 2.30. The minimum absolute atomic E-state index is 0.0883. The molecule has 0 atom stereocenters. The standard InChI is InChI=1S/C17H21F3N4O/c18-17(19,20)14-5-4-6-16(11-14)25-13-15-12-24(22-21-15)10-9-23-7-2-1-3-8-23/h4-6,11-12H,1-3,7-10,13H2. The second-order valence-electron chi connectivity index (χ2n) is 6.19. The lowest BCUT2D eigenvalue weighted by Crippen LogP contribution is -2.32. The molecule has 0 spiro atoms. The van der Waals surface area contributed by atoms with Gasteiger partial charge in [0.05, 0.1) is 18.3 Å². The third-order valence-electron chi connectivity index (χ3n) is 4.23. The van der Waals surface area contributed by atoms with E-state index in [0.29, 0.717) is 5.69 Å². The molecule has 0 saturated carbocycles. The summed E-state index contributed by atoms with van der Waals surface area (Å²) in [5.74, 6) is 0.165. The molecule has 136 valence electrons. The van der Waals surface area contributed by atoms with E-state index in [1.807, 2.05) is 0 Å². The van der Waals surface area contributed by atoms with Gasteiger partial charge in [0, 0.05) is 6.54 Å². The van der Waals surface area contributed by atoms with Gasteiger partial charge in [-0.1, -0.05) is 17.7 Å². The van der Waals surface area contributed by atoms with Crippen molar-refractivity contribution in [2.75, 3.05) is 19.6 Å². The van der Waals surface area contributed by atoms with Gasteiger partial charge < -0.3 is 9.64 Å². The van der Waals surface area contributed by atoms with E-state index in [-0.39, 0.29) is 12.4 Å². The molecule has 1 aromatic heterocycles. The van der Waals surface area contributed by atoms with E-state index in [1.54, 1.807) is 10.9 Å². The molecule has 0 aliphatic carbocycles. The summed E-state index contributed by atoms with van der Waals surface area (Å²) < 4.78 is 45.2. The van der Waals surface area contributed by atoms with Crippen LogP contribution in [0.5, 0.6) is 5.75 Å². The minimum Gasteiger partial charge on any atom is -0.487 e. The first-order valence-corrected chi connectivity index (χ1v) is 8.42. The molecule has 25 heavy (non-hydrogen) atoms. The monoisotopic (exact) mass is 354 g/mol. The van der Waals surface area contributed by atoms with Gasteiger partial charge >= 0.3 is 6.18 Å². The maximum absolute atomic E-state index is 12.7. The van der Waals surface area contributed by atoms with Crippen LogP contribution in [0.1, 0.15) is 30.5 Å². The molecule has 1 fully saturated rings. The molecule has 0 bridgehead atoms. The number of halogens is 3. The Hall–Kier alpha value is -2.09. The van der Waals surface area contributed by atoms with Crippen molar-refractivity contribution in [3.63, 3.8) is 0 Å². The highest BCUT2D eigenvalue weighted by Crippen LogP contribution is 2.31. The van der Waals surface area contributed by atoms with Crippen molar-refractivity contribution in [2.24, 2.45) is 0 Å². The number of alkyl halides is 3. The molecular weight excluding hydrogens is 333 g/mol. The van der Waals surface area contributed by atoms with E-state index in [0.717, 1.165) is 38.3 Å². The van der Waals surface area contributed by atoms with Crippen LogP contribution in [-0.2, 0) is 19.3 Å². The molecule has 2 aromatic rings. The Kier molecular flexibility index (Phi) is 5.57. The molecule has 2 heterocycles. The van der Waals surface area contributed by atoms with Crippen molar-refractivity contribution < 1.29 is 17.9 Å². The van der Waals surface area contributed by atoms with Gasteiger partial charge in [-0.3, -0.25) is 4.68 Å². The number of piperidine rings is 1. The zero-order chi connectivity index (χ0) is 17.7. The zero-order valence-corrected chi connectivity index (χ0v) is 13.9. The van der Waals surface area contributed by atoms with Gasteiger partial charge in [-0.25, -0.2) is 0 Å². The second kappa shape index (κ2) is 7.86. The first kappa shape index (κ1) is 17.7. The number of benzene rings is 1. The molecule has 1 aliphatic heterocycles. The van der Waals surface area contributed by atoms with Crippen LogP contribution in [0.25, 0.3) is 0 Å². The van der Waals surface area contributed by atoms with E-state index >= 15 is 0 Å². The molecule has 1 aliphatic rings. The molecule has 0 N–H and O–H groups in total. The van der Waals surface area contributed by atoms with E-state index in [1.165, 1.54) is 31.4 Å². The van der Waals surface area contributed by atoms with E-state index in [2.05, 4.69) is 15.2 Å². The summed E-state index contributed by atoms with van der Waals surface area (Å²) >= 11 is 0. The summed E-state index contributed by atoms with van der Waals surface area (Å²) in [6.07, 6.45) is 1.19.